The lowest BCUT2D eigenvalue weighted by Crippen LogP contribution is -2.41. The molecule has 0 aliphatic heterocycles. The highest BCUT2D eigenvalue weighted by atomic mass is 19.1. The van der Waals surface area contributed by atoms with Crippen molar-refractivity contribution in [3.8, 4) is 0 Å². The fourth-order valence-electron chi connectivity index (χ4n) is 4.90. The Morgan fingerprint density at radius 2 is 1.65 bits per heavy atom. The highest BCUT2D eigenvalue weighted by molar-refractivity contribution is 5.71. The number of unbranched alkanes of at least 4 members (excludes halogenated alkanes) is 2. The third-order valence-corrected chi connectivity index (χ3v) is 7.28. The molecule has 1 atom stereocenters. The average molecular weight is 550 g/mol. The van der Waals surface area contributed by atoms with Crippen LogP contribution in [-0.4, -0.2) is 43.0 Å². The van der Waals surface area contributed by atoms with Crippen molar-refractivity contribution in [1.29, 1.82) is 0 Å². The lowest BCUT2D eigenvalue weighted by molar-refractivity contribution is 0.167. The molecule has 0 amide bonds. The van der Waals surface area contributed by atoms with Gasteiger partial charge in [0.15, 0.2) is 11.2 Å². The minimum absolute atomic E-state index is 0.308. The highest BCUT2D eigenvalue weighted by Crippen LogP contribution is 2.17. The van der Waals surface area contributed by atoms with Crippen LogP contribution in [0.2, 0.25) is 0 Å². The molecule has 0 spiro atoms. The molecule has 2 aromatic carbocycles. The van der Waals surface area contributed by atoms with Crippen LogP contribution < -0.4 is 16.6 Å². The van der Waals surface area contributed by atoms with Crippen molar-refractivity contribution in [3.63, 3.8) is 0 Å². The van der Waals surface area contributed by atoms with E-state index in [9.17, 15) is 19.1 Å². The molecular weight excluding hydrogens is 509 g/mol. The Bertz CT molecular complexity index is 1490. The Hall–Kier alpha value is -3.56. The summed E-state index contributed by atoms with van der Waals surface area (Å²) in [5.74, 6) is 0.398. The van der Waals surface area contributed by atoms with E-state index in [4.69, 9.17) is 4.98 Å². The van der Waals surface area contributed by atoms with Gasteiger partial charge in [0.2, 0.25) is 0 Å². The molecule has 0 fully saturated rings. The molecule has 8 nitrogen and oxygen atoms in total. The molecule has 0 aliphatic carbocycles. The SMILES string of the molecule is CCCCCn1c(=O)c2c(nc(Cc3ccccc3)n2CCNCC(O)CC)n(CCc2ccc(F)cc2)c1=O. The summed E-state index contributed by atoms with van der Waals surface area (Å²) in [4.78, 5) is 32.5. The largest absolute Gasteiger partial charge is 0.392 e. The normalized spacial score (nSPS) is 12.3. The fourth-order valence-corrected chi connectivity index (χ4v) is 4.90. The maximum Gasteiger partial charge on any atom is 0.332 e. The zero-order valence-corrected chi connectivity index (χ0v) is 23.5. The zero-order chi connectivity index (χ0) is 28.5. The van der Waals surface area contributed by atoms with Gasteiger partial charge < -0.3 is 15.0 Å². The summed E-state index contributed by atoms with van der Waals surface area (Å²) in [5, 5.41) is 13.2. The molecule has 0 aliphatic rings. The van der Waals surface area contributed by atoms with E-state index in [0.29, 0.717) is 69.0 Å². The van der Waals surface area contributed by atoms with E-state index >= 15 is 0 Å². The monoisotopic (exact) mass is 549 g/mol. The van der Waals surface area contributed by atoms with Crippen molar-refractivity contribution in [3.05, 3.63) is 98.2 Å². The van der Waals surface area contributed by atoms with Gasteiger partial charge in [-0.3, -0.25) is 13.9 Å². The first kappa shape index (κ1) is 29.4. The minimum Gasteiger partial charge on any atom is -0.392 e. The van der Waals surface area contributed by atoms with Gasteiger partial charge in [-0.05, 0) is 42.5 Å². The summed E-state index contributed by atoms with van der Waals surface area (Å²) >= 11 is 0. The third kappa shape index (κ3) is 7.14. The maximum atomic E-state index is 13.9. The number of benzene rings is 2. The highest BCUT2D eigenvalue weighted by Gasteiger charge is 2.22. The summed E-state index contributed by atoms with van der Waals surface area (Å²) < 4.78 is 18.3. The van der Waals surface area contributed by atoms with Crippen LogP contribution in [0.5, 0.6) is 0 Å². The molecule has 2 aromatic heterocycles. The topological polar surface area (TPSA) is 94.1 Å². The van der Waals surface area contributed by atoms with Crippen molar-refractivity contribution in [2.24, 2.45) is 0 Å². The predicted molar refractivity (Wildman–Crippen MR) is 156 cm³/mol. The smallest absolute Gasteiger partial charge is 0.332 e. The van der Waals surface area contributed by atoms with E-state index in [2.05, 4.69) is 12.2 Å². The molecule has 9 heteroatoms. The Labute approximate surface area is 234 Å². The van der Waals surface area contributed by atoms with Gasteiger partial charge in [0.1, 0.15) is 11.6 Å². The van der Waals surface area contributed by atoms with Crippen LogP contribution in [0, 0.1) is 5.82 Å². The Kier molecular flexibility index (Phi) is 10.4. The first-order valence-electron chi connectivity index (χ1n) is 14.3. The molecule has 4 rings (SSSR count). The molecule has 2 N–H and O–H groups in total. The molecule has 40 heavy (non-hydrogen) atoms. The van der Waals surface area contributed by atoms with Crippen molar-refractivity contribution in [2.75, 3.05) is 13.1 Å². The molecular formula is C31H40FN5O3. The van der Waals surface area contributed by atoms with Crippen LogP contribution in [0.3, 0.4) is 0 Å². The van der Waals surface area contributed by atoms with E-state index in [1.165, 1.54) is 16.7 Å². The summed E-state index contributed by atoms with van der Waals surface area (Å²) in [6.45, 7) is 6.14. The first-order valence-corrected chi connectivity index (χ1v) is 14.3. The summed E-state index contributed by atoms with van der Waals surface area (Å²) in [6, 6.07) is 16.2. The van der Waals surface area contributed by atoms with Crippen LogP contribution in [0.1, 0.15) is 56.5 Å². The Morgan fingerprint density at radius 1 is 0.900 bits per heavy atom. The predicted octanol–water partition coefficient (Wildman–Crippen LogP) is 3.88. The number of aliphatic hydroxyl groups excluding tert-OH is 1. The number of hydrogen-bond acceptors (Lipinski definition) is 5. The molecule has 2 heterocycles. The van der Waals surface area contributed by atoms with E-state index in [0.717, 1.165) is 30.4 Å². The third-order valence-electron chi connectivity index (χ3n) is 7.28. The molecule has 0 bridgehead atoms. The van der Waals surface area contributed by atoms with E-state index in [-0.39, 0.29) is 17.1 Å². The Morgan fingerprint density at radius 3 is 2.35 bits per heavy atom. The summed E-state index contributed by atoms with van der Waals surface area (Å²) in [7, 11) is 0. The quantitative estimate of drug-likeness (QED) is 0.220. The van der Waals surface area contributed by atoms with Gasteiger partial charge in [-0.2, -0.15) is 0 Å². The molecule has 1 unspecified atom stereocenters. The summed E-state index contributed by atoms with van der Waals surface area (Å²) in [5.41, 5.74) is 2.05. The second-order valence-electron chi connectivity index (χ2n) is 10.3. The zero-order valence-electron chi connectivity index (χ0n) is 23.5. The van der Waals surface area contributed by atoms with Crippen LogP contribution >= 0.6 is 0 Å². The fraction of sp³-hybridized carbons (Fsp3) is 0.452. The molecule has 0 saturated heterocycles. The van der Waals surface area contributed by atoms with Gasteiger partial charge in [-0.15, -0.1) is 0 Å². The minimum atomic E-state index is -0.434. The van der Waals surface area contributed by atoms with Crippen LogP contribution in [0.4, 0.5) is 4.39 Å². The number of aryl methyl sites for hydroxylation is 2. The van der Waals surface area contributed by atoms with Crippen molar-refractivity contribution in [1.82, 2.24) is 24.0 Å². The van der Waals surface area contributed by atoms with Gasteiger partial charge in [-0.1, -0.05) is 69.2 Å². The number of nitrogens with one attached hydrogen (secondary N) is 1. The molecule has 0 saturated carbocycles. The van der Waals surface area contributed by atoms with Gasteiger partial charge in [0.05, 0.1) is 6.10 Å². The number of fused-ring (bicyclic) bond motifs is 1. The lowest BCUT2D eigenvalue weighted by Gasteiger charge is -2.14. The number of aliphatic hydroxyl groups is 1. The van der Waals surface area contributed by atoms with Crippen LogP contribution in [0.25, 0.3) is 11.2 Å². The van der Waals surface area contributed by atoms with Crippen molar-refractivity contribution in [2.45, 2.75) is 78.1 Å². The number of hydrogen-bond donors (Lipinski definition) is 2. The molecule has 214 valence electrons. The van der Waals surface area contributed by atoms with E-state index in [1.807, 2.05) is 41.8 Å². The number of nitrogens with zero attached hydrogens (tertiary/aromatic N) is 4. The number of aromatic nitrogens is 4. The van der Waals surface area contributed by atoms with Crippen LogP contribution in [-0.2, 0) is 32.5 Å². The van der Waals surface area contributed by atoms with E-state index in [1.54, 1.807) is 16.7 Å². The molecule has 4 aromatic rings. The number of imidazole rings is 1. The second kappa shape index (κ2) is 14.2. The van der Waals surface area contributed by atoms with Crippen molar-refractivity contribution >= 4 is 11.2 Å². The maximum absolute atomic E-state index is 13.9. The van der Waals surface area contributed by atoms with Crippen molar-refractivity contribution < 1.29 is 9.50 Å². The average Bonchev–Trinajstić information content (AvgIpc) is 3.31. The van der Waals surface area contributed by atoms with E-state index < -0.39 is 6.10 Å². The number of rotatable bonds is 15. The number of halogens is 1. The first-order chi connectivity index (χ1) is 19.4. The standard InChI is InChI=1S/C31H40FN5O3/c1-3-5-9-18-37-30(39)28-29(36(31(37)40)19-16-23-12-14-25(32)15-13-23)34-27(21-24-10-7-6-8-11-24)35(28)20-17-33-22-26(38)4-2/h6-8,10-15,26,33,38H,3-5,9,16-22H2,1-2H3. The van der Waals surface area contributed by atoms with Crippen LogP contribution in [0.15, 0.2) is 64.2 Å². The van der Waals surface area contributed by atoms with Gasteiger partial charge in [0.25, 0.3) is 5.56 Å². The molecule has 0 radical (unpaired) electrons. The van der Waals surface area contributed by atoms with Gasteiger partial charge in [0, 0.05) is 39.1 Å². The lowest BCUT2D eigenvalue weighted by atomic mass is 10.1. The summed E-state index contributed by atoms with van der Waals surface area (Å²) in [6.07, 6.45) is 3.86. The Balaban J connectivity index is 1.80. The van der Waals surface area contributed by atoms with Gasteiger partial charge in [-0.25, -0.2) is 14.2 Å². The second-order valence-corrected chi connectivity index (χ2v) is 10.3. The van der Waals surface area contributed by atoms with Gasteiger partial charge >= 0.3 is 5.69 Å².